The predicted octanol–water partition coefficient (Wildman–Crippen LogP) is 3.39. The second kappa shape index (κ2) is 3.68. The third kappa shape index (κ3) is 1.56. The molecule has 2 unspecified atom stereocenters. The molecule has 2 nitrogen and oxygen atoms in total. The fourth-order valence-corrected chi connectivity index (χ4v) is 2.81. The van der Waals surface area contributed by atoms with Crippen molar-refractivity contribution >= 4 is 11.5 Å². The van der Waals surface area contributed by atoms with E-state index in [9.17, 15) is 13.2 Å². The van der Waals surface area contributed by atoms with Gasteiger partial charge in [0, 0.05) is 5.92 Å². The van der Waals surface area contributed by atoms with E-state index < -0.39 is 11.6 Å². The molecule has 0 aromatic carbocycles. The summed E-state index contributed by atoms with van der Waals surface area (Å²) in [5.74, 6) is 1.16. The maximum atomic E-state index is 13.0. The molecule has 2 aliphatic carbocycles. The van der Waals surface area contributed by atoms with Crippen molar-refractivity contribution in [1.29, 1.82) is 0 Å². The van der Waals surface area contributed by atoms with Crippen molar-refractivity contribution in [2.75, 3.05) is 6.54 Å². The Hall–Kier alpha value is -1.13. The van der Waals surface area contributed by atoms with Gasteiger partial charge >= 0.3 is 6.18 Å². The van der Waals surface area contributed by atoms with E-state index in [1.807, 2.05) is 6.08 Å². The third-order valence-corrected chi connectivity index (χ3v) is 4.45. The summed E-state index contributed by atoms with van der Waals surface area (Å²) < 4.78 is 38.9. The Kier molecular flexibility index (Phi) is 2.44. The van der Waals surface area contributed by atoms with Gasteiger partial charge in [0.15, 0.2) is 0 Å². The van der Waals surface area contributed by atoms with Crippen molar-refractivity contribution < 1.29 is 13.2 Å². The summed E-state index contributed by atoms with van der Waals surface area (Å²) in [6.07, 6.45) is 0.0459. The number of hydrogen-bond acceptors (Lipinski definition) is 2. The molecule has 3 rings (SSSR count). The van der Waals surface area contributed by atoms with E-state index >= 15 is 0 Å². The lowest BCUT2D eigenvalue weighted by molar-refractivity contribution is -0.165. The lowest BCUT2D eigenvalue weighted by Gasteiger charge is -2.33. The molecule has 2 atom stereocenters. The lowest BCUT2D eigenvalue weighted by atomic mass is 9.73. The Balaban J connectivity index is 1.77. The molecule has 0 saturated heterocycles. The summed E-state index contributed by atoms with van der Waals surface area (Å²) >= 11 is 0. The van der Waals surface area contributed by atoms with Crippen molar-refractivity contribution in [2.24, 2.45) is 27.2 Å². The molecule has 0 aromatic heterocycles. The van der Waals surface area contributed by atoms with Crippen molar-refractivity contribution in [3.63, 3.8) is 0 Å². The number of halogens is 3. The predicted molar refractivity (Wildman–Crippen MR) is 63.9 cm³/mol. The summed E-state index contributed by atoms with van der Waals surface area (Å²) in [6.45, 7) is 3.87. The first-order valence-electron chi connectivity index (χ1n) is 6.29. The number of aliphatic imine (C=N–C) groups is 2. The van der Waals surface area contributed by atoms with Crippen LogP contribution in [0, 0.1) is 17.3 Å². The largest absolute Gasteiger partial charge is 0.399 e. The molecule has 0 bridgehead atoms. The van der Waals surface area contributed by atoms with Gasteiger partial charge in [-0.25, -0.2) is 4.99 Å². The van der Waals surface area contributed by atoms with E-state index in [4.69, 9.17) is 0 Å². The standard InChI is InChI=1S/C13H15F3N2/c1-2-8-3-4-9(8)11-17-7-10(18-11)12(5-6-12)13(14,15)16/h2,8-9H,1,3-7H2. The number of nitrogens with zero attached hydrogens (tertiary/aromatic N) is 2. The summed E-state index contributed by atoms with van der Waals surface area (Å²) in [5, 5.41) is 0. The molecule has 18 heavy (non-hydrogen) atoms. The minimum atomic E-state index is -4.17. The van der Waals surface area contributed by atoms with Crippen molar-refractivity contribution in [2.45, 2.75) is 31.9 Å². The smallest absolute Gasteiger partial charge is 0.264 e. The van der Waals surface area contributed by atoms with Crippen LogP contribution in [0.2, 0.25) is 0 Å². The molecule has 0 amide bonds. The van der Waals surface area contributed by atoms with Gasteiger partial charge in [-0.1, -0.05) is 6.08 Å². The molecule has 1 aliphatic heterocycles. The summed E-state index contributed by atoms with van der Waals surface area (Å²) in [7, 11) is 0. The molecule has 0 radical (unpaired) electrons. The van der Waals surface area contributed by atoms with Crippen LogP contribution in [-0.4, -0.2) is 24.3 Å². The topological polar surface area (TPSA) is 24.7 Å². The van der Waals surface area contributed by atoms with Gasteiger partial charge in [-0.15, -0.1) is 6.58 Å². The van der Waals surface area contributed by atoms with Gasteiger partial charge in [-0.05, 0) is 31.6 Å². The van der Waals surface area contributed by atoms with Crippen LogP contribution in [0.3, 0.4) is 0 Å². The second-order valence-corrected chi connectivity index (χ2v) is 5.40. The molecular weight excluding hydrogens is 241 g/mol. The van der Waals surface area contributed by atoms with Crippen LogP contribution in [0.25, 0.3) is 0 Å². The van der Waals surface area contributed by atoms with E-state index in [1.165, 1.54) is 0 Å². The van der Waals surface area contributed by atoms with E-state index in [1.54, 1.807) is 0 Å². The molecule has 5 heteroatoms. The zero-order chi connectivity index (χ0) is 13.0. The molecule has 98 valence electrons. The van der Waals surface area contributed by atoms with Crippen LogP contribution in [0.1, 0.15) is 25.7 Å². The monoisotopic (exact) mass is 256 g/mol. The summed E-state index contributed by atoms with van der Waals surface area (Å²) in [5.41, 5.74) is -1.41. The highest BCUT2D eigenvalue weighted by molar-refractivity contribution is 6.09. The summed E-state index contributed by atoms with van der Waals surface area (Å²) in [4.78, 5) is 8.43. The highest BCUT2D eigenvalue weighted by atomic mass is 19.4. The zero-order valence-corrected chi connectivity index (χ0v) is 10.0. The second-order valence-electron chi connectivity index (χ2n) is 5.40. The lowest BCUT2D eigenvalue weighted by Crippen LogP contribution is -2.34. The minimum Gasteiger partial charge on any atom is -0.264 e. The molecule has 1 heterocycles. The van der Waals surface area contributed by atoms with Gasteiger partial charge in [0.2, 0.25) is 0 Å². The van der Waals surface area contributed by atoms with E-state index in [-0.39, 0.29) is 31.0 Å². The zero-order valence-electron chi connectivity index (χ0n) is 10.0. The van der Waals surface area contributed by atoms with Crippen LogP contribution in [0.4, 0.5) is 13.2 Å². The van der Waals surface area contributed by atoms with E-state index in [0.717, 1.165) is 12.8 Å². The number of allylic oxidation sites excluding steroid dienone is 1. The number of hydrogen-bond donors (Lipinski definition) is 0. The van der Waals surface area contributed by atoms with Crippen LogP contribution >= 0.6 is 0 Å². The van der Waals surface area contributed by atoms with E-state index in [2.05, 4.69) is 16.6 Å². The first kappa shape index (κ1) is 11.9. The van der Waals surface area contributed by atoms with Crippen LogP contribution < -0.4 is 0 Å². The SMILES string of the molecule is C=CC1CCC1C1=NCC(C2(C(F)(F)F)CC2)=N1. The molecule has 2 fully saturated rings. The molecular formula is C13H15F3N2. The Labute approximate surface area is 104 Å². The molecule has 0 N–H and O–H groups in total. The average Bonchev–Trinajstić information content (AvgIpc) is 2.94. The first-order valence-corrected chi connectivity index (χ1v) is 6.29. The van der Waals surface area contributed by atoms with E-state index in [0.29, 0.717) is 11.8 Å². The maximum Gasteiger partial charge on any atom is 0.399 e. The van der Waals surface area contributed by atoms with Crippen molar-refractivity contribution in [3.05, 3.63) is 12.7 Å². The Bertz CT molecular complexity index is 444. The van der Waals surface area contributed by atoms with Crippen LogP contribution in [-0.2, 0) is 0 Å². The Morgan fingerprint density at radius 1 is 1.28 bits per heavy atom. The van der Waals surface area contributed by atoms with Crippen LogP contribution in [0.5, 0.6) is 0 Å². The highest BCUT2D eigenvalue weighted by Gasteiger charge is 2.66. The van der Waals surface area contributed by atoms with Crippen molar-refractivity contribution in [1.82, 2.24) is 0 Å². The maximum absolute atomic E-state index is 13.0. The average molecular weight is 256 g/mol. The van der Waals surface area contributed by atoms with Gasteiger partial charge in [-0.2, -0.15) is 13.2 Å². The van der Waals surface area contributed by atoms with Crippen LogP contribution in [0.15, 0.2) is 22.6 Å². The van der Waals surface area contributed by atoms with Crippen molar-refractivity contribution in [3.8, 4) is 0 Å². The summed E-state index contributed by atoms with van der Waals surface area (Å²) in [6, 6.07) is 0. The number of rotatable bonds is 3. The molecule has 3 aliphatic rings. The van der Waals surface area contributed by atoms with Gasteiger partial charge in [0.1, 0.15) is 11.3 Å². The molecule has 0 spiro atoms. The Morgan fingerprint density at radius 2 is 2.00 bits per heavy atom. The quantitative estimate of drug-likeness (QED) is 0.691. The van der Waals surface area contributed by atoms with Gasteiger partial charge < -0.3 is 0 Å². The normalized spacial score (nSPS) is 33.5. The first-order chi connectivity index (χ1) is 8.48. The van der Waals surface area contributed by atoms with Gasteiger partial charge in [0.05, 0.1) is 12.3 Å². The minimum absolute atomic E-state index is 0.134. The molecule has 0 aromatic rings. The fraction of sp³-hybridized carbons (Fsp3) is 0.692. The number of alkyl halides is 3. The van der Waals surface area contributed by atoms with Gasteiger partial charge in [0.25, 0.3) is 0 Å². The molecule has 2 saturated carbocycles. The third-order valence-electron chi connectivity index (χ3n) is 4.45. The van der Waals surface area contributed by atoms with Gasteiger partial charge in [-0.3, -0.25) is 4.99 Å². The highest BCUT2D eigenvalue weighted by Crippen LogP contribution is 2.59. The Morgan fingerprint density at radius 3 is 2.44 bits per heavy atom. The number of amidine groups is 1. The fourth-order valence-electron chi connectivity index (χ4n) is 2.81.